The minimum Gasteiger partial charge on any atom is -0.467 e. The number of nitrogens with two attached hydrogens (primary N) is 1. The van der Waals surface area contributed by atoms with E-state index >= 15 is 0 Å². The number of hydrogen-bond donors (Lipinski definition) is 2. The molecule has 1 atom stereocenters. The first-order valence-corrected chi connectivity index (χ1v) is 6.32. The Hall–Kier alpha value is -1.00. The largest absolute Gasteiger partial charge is 0.467 e. The molecule has 0 bridgehead atoms. The molecule has 0 aliphatic heterocycles. The summed E-state index contributed by atoms with van der Waals surface area (Å²) in [5.74, 6) is 6.38. The van der Waals surface area contributed by atoms with E-state index in [1.807, 2.05) is 31.2 Å². The number of hydrogen-bond acceptors (Lipinski definition) is 3. The molecule has 1 unspecified atom stereocenters. The molecule has 5 heteroatoms. The van der Waals surface area contributed by atoms with E-state index in [9.17, 15) is 0 Å². The number of nitrogens with one attached hydrogen (secondary N) is 1. The fourth-order valence-electron chi connectivity index (χ4n) is 1.90. The average molecular weight is 285 g/mol. The summed E-state index contributed by atoms with van der Waals surface area (Å²) in [6.45, 7) is 1.97. The normalized spacial score (nSPS) is 12.7. The molecule has 0 aliphatic carbocycles. The Morgan fingerprint density at radius 2 is 1.94 bits per heavy atom. The van der Waals surface area contributed by atoms with E-state index in [2.05, 4.69) is 5.43 Å². The molecule has 2 aromatic rings. The number of benzene rings is 1. The van der Waals surface area contributed by atoms with Gasteiger partial charge in [-0.1, -0.05) is 29.3 Å². The van der Waals surface area contributed by atoms with Crippen LogP contribution in [0.15, 0.2) is 34.9 Å². The smallest absolute Gasteiger partial charge is 0.125 e. The molecule has 96 valence electrons. The Kier molecular flexibility index (Phi) is 4.30. The summed E-state index contributed by atoms with van der Waals surface area (Å²) in [6, 6.07) is 7.18. The molecule has 18 heavy (non-hydrogen) atoms. The van der Waals surface area contributed by atoms with Gasteiger partial charge >= 0.3 is 0 Å². The summed E-state index contributed by atoms with van der Waals surface area (Å²) in [5.41, 5.74) is 4.64. The van der Waals surface area contributed by atoms with E-state index in [0.717, 1.165) is 16.9 Å². The molecule has 3 nitrogen and oxygen atoms in total. The molecule has 1 heterocycles. The fourth-order valence-corrected chi connectivity index (χ4v) is 2.45. The minimum atomic E-state index is -0.155. The van der Waals surface area contributed by atoms with Gasteiger partial charge < -0.3 is 4.42 Å². The van der Waals surface area contributed by atoms with E-state index in [4.69, 9.17) is 33.5 Å². The summed E-state index contributed by atoms with van der Waals surface area (Å²) >= 11 is 12.3. The molecule has 0 aliphatic rings. The zero-order chi connectivity index (χ0) is 13.1. The maximum atomic E-state index is 6.15. The third kappa shape index (κ3) is 2.70. The average Bonchev–Trinajstić information content (AvgIpc) is 2.76. The molecule has 0 spiro atoms. The molecule has 0 fully saturated rings. The second-order valence-corrected chi connectivity index (χ2v) is 4.91. The molecular formula is C13H14Cl2N2O. The lowest BCUT2D eigenvalue weighted by atomic mass is 10.0. The molecule has 0 radical (unpaired) electrons. The zero-order valence-electron chi connectivity index (χ0n) is 9.91. The van der Waals surface area contributed by atoms with Crippen LogP contribution in [0.3, 0.4) is 0 Å². The van der Waals surface area contributed by atoms with Crippen molar-refractivity contribution in [1.82, 2.24) is 5.43 Å². The zero-order valence-corrected chi connectivity index (χ0v) is 11.4. The number of halogens is 2. The van der Waals surface area contributed by atoms with Crippen molar-refractivity contribution in [3.63, 3.8) is 0 Å². The van der Waals surface area contributed by atoms with Gasteiger partial charge in [0.2, 0.25) is 0 Å². The van der Waals surface area contributed by atoms with Gasteiger partial charge in [0.1, 0.15) is 5.76 Å². The molecule has 3 N–H and O–H groups in total. The van der Waals surface area contributed by atoms with Gasteiger partial charge in [-0.25, -0.2) is 5.43 Å². The highest BCUT2D eigenvalue weighted by Crippen LogP contribution is 2.30. The Morgan fingerprint density at radius 3 is 2.44 bits per heavy atom. The Balaban J connectivity index is 2.29. The van der Waals surface area contributed by atoms with Crippen LogP contribution in [-0.4, -0.2) is 0 Å². The molecular weight excluding hydrogens is 271 g/mol. The van der Waals surface area contributed by atoms with Crippen LogP contribution in [0.25, 0.3) is 0 Å². The maximum absolute atomic E-state index is 6.15. The van der Waals surface area contributed by atoms with Crippen molar-refractivity contribution in [2.75, 3.05) is 0 Å². The van der Waals surface area contributed by atoms with E-state index in [1.54, 1.807) is 6.26 Å². The summed E-state index contributed by atoms with van der Waals surface area (Å²) in [7, 11) is 0. The second-order valence-electron chi connectivity index (χ2n) is 4.09. The lowest BCUT2D eigenvalue weighted by Gasteiger charge is -2.16. The van der Waals surface area contributed by atoms with Crippen LogP contribution in [0.5, 0.6) is 0 Å². The molecule has 0 saturated carbocycles. The maximum Gasteiger partial charge on any atom is 0.125 e. The van der Waals surface area contributed by atoms with Crippen molar-refractivity contribution in [3.05, 3.63) is 57.5 Å². The van der Waals surface area contributed by atoms with Gasteiger partial charge in [0.15, 0.2) is 0 Å². The lowest BCUT2D eigenvalue weighted by molar-refractivity contribution is 0.413. The van der Waals surface area contributed by atoms with Crippen molar-refractivity contribution in [1.29, 1.82) is 0 Å². The van der Waals surface area contributed by atoms with Gasteiger partial charge in [-0.2, -0.15) is 0 Å². The number of aryl methyl sites for hydroxylation is 1. The van der Waals surface area contributed by atoms with Gasteiger partial charge in [-0.3, -0.25) is 5.84 Å². The molecule has 1 aromatic heterocycles. The number of hydrazine groups is 1. The quantitative estimate of drug-likeness (QED) is 0.666. The Morgan fingerprint density at radius 1 is 1.28 bits per heavy atom. The minimum absolute atomic E-state index is 0.155. The van der Waals surface area contributed by atoms with Crippen LogP contribution >= 0.6 is 23.2 Å². The third-order valence-electron chi connectivity index (χ3n) is 2.89. The highest BCUT2D eigenvalue weighted by Gasteiger charge is 2.19. The highest BCUT2D eigenvalue weighted by atomic mass is 35.5. The predicted octanol–water partition coefficient (Wildman–Crippen LogP) is 3.64. The van der Waals surface area contributed by atoms with Crippen LogP contribution < -0.4 is 11.3 Å². The van der Waals surface area contributed by atoms with E-state index in [0.29, 0.717) is 16.5 Å². The number of furan rings is 1. The summed E-state index contributed by atoms with van der Waals surface area (Å²) in [6.07, 6.45) is 2.21. The van der Waals surface area contributed by atoms with Crippen molar-refractivity contribution >= 4 is 23.2 Å². The monoisotopic (exact) mass is 284 g/mol. The van der Waals surface area contributed by atoms with Crippen molar-refractivity contribution in [3.8, 4) is 0 Å². The fraction of sp³-hybridized carbons (Fsp3) is 0.231. The number of rotatable bonds is 4. The molecule has 1 aromatic carbocycles. The van der Waals surface area contributed by atoms with Gasteiger partial charge in [0.05, 0.1) is 12.3 Å². The van der Waals surface area contributed by atoms with Gasteiger partial charge in [-0.15, -0.1) is 0 Å². The van der Waals surface area contributed by atoms with Crippen LogP contribution in [0.4, 0.5) is 0 Å². The first kappa shape index (κ1) is 13.4. The molecule has 0 amide bonds. The topological polar surface area (TPSA) is 51.2 Å². The van der Waals surface area contributed by atoms with Crippen LogP contribution in [0, 0.1) is 6.92 Å². The van der Waals surface area contributed by atoms with Gasteiger partial charge in [-0.05, 0) is 42.7 Å². The predicted molar refractivity (Wildman–Crippen MR) is 73.7 cm³/mol. The van der Waals surface area contributed by atoms with E-state index in [1.165, 1.54) is 0 Å². The SMILES string of the molecule is Cc1ccoc1C(Cc1c(Cl)cccc1Cl)NN. The summed E-state index contributed by atoms with van der Waals surface area (Å²) in [4.78, 5) is 0. The van der Waals surface area contributed by atoms with Crippen molar-refractivity contribution < 1.29 is 4.42 Å². The van der Waals surface area contributed by atoms with Crippen LogP contribution in [-0.2, 0) is 6.42 Å². The second kappa shape index (κ2) is 5.76. The summed E-state index contributed by atoms with van der Waals surface area (Å²) < 4.78 is 5.44. The van der Waals surface area contributed by atoms with Gasteiger partial charge in [0, 0.05) is 10.0 Å². The van der Waals surface area contributed by atoms with Crippen LogP contribution in [0.2, 0.25) is 10.0 Å². The molecule has 0 saturated heterocycles. The van der Waals surface area contributed by atoms with Crippen molar-refractivity contribution in [2.45, 2.75) is 19.4 Å². The molecule has 2 rings (SSSR count). The first-order chi connectivity index (χ1) is 8.63. The van der Waals surface area contributed by atoms with E-state index < -0.39 is 0 Å². The van der Waals surface area contributed by atoms with Gasteiger partial charge in [0.25, 0.3) is 0 Å². The van der Waals surface area contributed by atoms with Crippen molar-refractivity contribution in [2.24, 2.45) is 5.84 Å². The van der Waals surface area contributed by atoms with E-state index in [-0.39, 0.29) is 6.04 Å². The van der Waals surface area contributed by atoms with Crippen LogP contribution in [0.1, 0.15) is 22.9 Å². The Labute approximate surface area is 116 Å². The summed E-state index contributed by atoms with van der Waals surface area (Å²) in [5, 5.41) is 1.26. The lowest BCUT2D eigenvalue weighted by Crippen LogP contribution is -2.29. The highest BCUT2D eigenvalue weighted by molar-refractivity contribution is 6.36. The standard InChI is InChI=1S/C13H14Cl2N2O/c1-8-5-6-18-13(8)12(17-16)7-9-10(14)3-2-4-11(9)15/h2-6,12,17H,7,16H2,1H3. The third-order valence-corrected chi connectivity index (χ3v) is 3.60. The Bertz CT molecular complexity index is 519. The first-order valence-electron chi connectivity index (χ1n) is 5.56.